The van der Waals surface area contributed by atoms with E-state index in [1.807, 2.05) is 0 Å². The molecule has 3 aromatic rings. The van der Waals surface area contributed by atoms with Crippen molar-refractivity contribution in [3.05, 3.63) is 87.7 Å². The molecule has 170 valence electrons. The normalized spacial score (nSPS) is 11.1. The van der Waals surface area contributed by atoms with Crippen molar-refractivity contribution in [2.75, 3.05) is 24.7 Å². The highest BCUT2D eigenvalue weighted by molar-refractivity contribution is 6.30. The molecule has 0 radical (unpaired) electrons. The van der Waals surface area contributed by atoms with E-state index in [1.165, 1.54) is 37.3 Å². The smallest absolute Gasteiger partial charge is 0.332 e. The van der Waals surface area contributed by atoms with Gasteiger partial charge in [0.15, 0.2) is 0 Å². The zero-order chi connectivity index (χ0) is 23.9. The molecule has 0 saturated heterocycles. The molecule has 0 amide bonds. The zero-order valence-corrected chi connectivity index (χ0v) is 19.4. The SMILES string of the molecule is CNc1c(C(c2ccc(Cl)cc2)c2c(NC)n(C)c(=O)n(C)c2=O)c(=O)n(C)c(=O)n1C. The maximum atomic E-state index is 13.4. The van der Waals surface area contributed by atoms with Gasteiger partial charge in [0, 0.05) is 47.3 Å². The number of nitrogens with one attached hydrogen (secondary N) is 2. The zero-order valence-electron chi connectivity index (χ0n) is 18.7. The van der Waals surface area contributed by atoms with Crippen LogP contribution in [0.15, 0.2) is 43.4 Å². The third-order valence-corrected chi connectivity index (χ3v) is 5.91. The van der Waals surface area contributed by atoms with E-state index >= 15 is 0 Å². The van der Waals surface area contributed by atoms with Crippen LogP contribution in [-0.4, -0.2) is 32.4 Å². The highest BCUT2D eigenvalue weighted by atomic mass is 35.5. The van der Waals surface area contributed by atoms with Gasteiger partial charge in [-0.25, -0.2) is 9.59 Å². The van der Waals surface area contributed by atoms with Crippen molar-refractivity contribution >= 4 is 23.2 Å². The van der Waals surface area contributed by atoms with Gasteiger partial charge >= 0.3 is 11.4 Å². The van der Waals surface area contributed by atoms with Crippen molar-refractivity contribution in [3.8, 4) is 0 Å². The second kappa shape index (κ2) is 8.54. The van der Waals surface area contributed by atoms with Crippen LogP contribution in [0.3, 0.4) is 0 Å². The number of aromatic nitrogens is 4. The number of benzene rings is 1. The number of halogens is 1. The first-order chi connectivity index (χ1) is 15.1. The molecule has 0 bridgehead atoms. The minimum atomic E-state index is -0.909. The molecule has 0 aliphatic carbocycles. The summed E-state index contributed by atoms with van der Waals surface area (Å²) in [5.74, 6) is -0.389. The molecule has 32 heavy (non-hydrogen) atoms. The van der Waals surface area contributed by atoms with Crippen molar-refractivity contribution in [2.45, 2.75) is 5.92 Å². The Morgan fingerprint density at radius 2 is 1.06 bits per heavy atom. The molecule has 0 aliphatic rings. The van der Waals surface area contributed by atoms with E-state index < -0.39 is 28.4 Å². The summed E-state index contributed by atoms with van der Waals surface area (Å²) in [5, 5.41) is 6.34. The van der Waals surface area contributed by atoms with Crippen LogP contribution in [0.1, 0.15) is 22.6 Å². The Morgan fingerprint density at radius 3 is 1.41 bits per heavy atom. The van der Waals surface area contributed by atoms with Crippen LogP contribution in [0.5, 0.6) is 0 Å². The molecular weight excluding hydrogens is 436 g/mol. The van der Waals surface area contributed by atoms with Crippen LogP contribution in [0.25, 0.3) is 0 Å². The molecular formula is C21H25ClN6O4. The fourth-order valence-electron chi connectivity index (χ4n) is 4.00. The molecule has 0 unspecified atom stereocenters. The molecule has 1 aromatic carbocycles. The van der Waals surface area contributed by atoms with Gasteiger partial charge in [-0.1, -0.05) is 23.7 Å². The molecule has 3 rings (SSSR count). The Bertz CT molecular complexity index is 1340. The molecule has 0 saturated carbocycles. The largest absolute Gasteiger partial charge is 0.374 e. The molecule has 2 aromatic heterocycles. The lowest BCUT2D eigenvalue weighted by Crippen LogP contribution is -2.44. The lowest BCUT2D eigenvalue weighted by atomic mass is 9.86. The van der Waals surface area contributed by atoms with Gasteiger partial charge in [-0.3, -0.25) is 27.9 Å². The predicted octanol–water partition coefficient (Wildman–Crippen LogP) is 0.398. The molecule has 2 heterocycles. The monoisotopic (exact) mass is 460 g/mol. The average Bonchev–Trinajstić information content (AvgIpc) is 2.79. The number of rotatable bonds is 5. The minimum absolute atomic E-state index is 0.187. The van der Waals surface area contributed by atoms with E-state index in [9.17, 15) is 19.2 Å². The Balaban J connectivity index is 2.62. The van der Waals surface area contributed by atoms with Crippen LogP contribution in [0, 0.1) is 0 Å². The van der Waals surface area contributed by atoms with Crippen molar-refractivity contribution in [2.24, 2.45) is 28.2 Å². The quantitative estimate of drug-likeness (QED) is 0.570. The molecule has 2 N–H and O–H groups in total. The highest BCUT2D eigenvalue weighted by Gasteiger charge is 2.32. The molecule has 0 fully saturated rings. The lowest BCUT2D eigenvalue weighted by Gasteiger charge is -2.25. The van der Waals surface area contributed by atoms with Crippen LogP contribution in [-0.2, 0) is 28.2 Å². The van der Waals surface area contributed by atoms with E-state index in [2.05, 4.69) is 10.6 Å². The molecule has 11 heteroatoms. The fourth-order valence-corrected chi connectivity index (χ4v) is 4.12. The van der Waals surface area contributed by atoms with Crippen LogP contribution in [0.2, 0.25) is 5.02 Å². The molecule has 0 spiro atoms. The topological polar surface area (TPSA) is 112 Å². The summed E-state index contributed by atoms with van der Waals surface area (Å²) in [7, 11) is 9.01. The second-order valence-electron chi connectivity index (χ2n) is 7.42. The van der Waals surface area contributed by atoms with Gasteiger partial charge in [0.25, 0.3) is 11.1 Å². The van der Waals surface area contributed by atoms with E-state index in [0.29, 0.717) is 10.6 Å². The number of anilines is 2. The van der Waals surface area contributed by atoms with E-state index in [1.54, 1.807) is 38.4 Å². The van der Waals surface area contributed by atoms with Gasteiger partial charge in [-0.05, 0) is 17.7 Å². The van der Waals surface area contributed by atoms with Crippen molar-refractivity contribution in [1.29, 1.82) is 0 Å². The van der Waals surface area contributed by atoms with Crippen molar-refractivity contribution < 1.29 is 0 Å². The average molecular weight is 461 g/mol. The Morgan fingerprint density at radius 1 is 0.688 bits per heavy atom. The summed E-state index contributed by atoms with van der Waals surface area (Å²) in [5.41, 5.74) is -1.18. The third kappa shape index (κ3) is 3.46. The van der Waals surface area contributed by atoms with Gasteiger partial charge in [-0.2, -0.15) is 0 Å². The fraction of sp³-hybridized carbons (Fsp3) is 0.333. The molecule has 0 aliphatic heterocycles. The Kier molecular flexibility index (Phi) is 6.18. The van der Waals surface area contributed by atoms with E-state index in [4.69, 9.17) is 11.6 Å². The summed E-state index contributed by atoms with van der Waals surface area (Å²) in [6, 6.07) is 6.73. The summed E-state index contributed by atoms with van der Waals surface area (Å²) < 4.78 is 4.60. The van der Waals surface area contributed by atoms with E-state index in [-0.39, 0.29) is 22.8 Å². The van der Waals surface area contributed by atoms with Crippen LogP contribution >= 0.6 is 11.6 Å². The Hall–Kier alpha value is -3.53. The van der Waals surface area contributed by atoms with Gasteiger partial charge < -0.3 is 10.6 Å². The van der Waals surface area contributed by atoms with Gasteiger partial charge in [-0.15, -0.1) is 0 Å². The van der Waals surface area contributed by atoms with Crippen LogP contribution in [0.4, 0.5) is 11.6 Å². The van der Waals surface area contributed by atoms with Crippen molar-refractivity contribution in [3.63, 3.8) is 0 Å². The first kappa shape index (κ1) is 23.1. The highest BCUT2D eigenvalue weighted by Crippen LogP contribution is 2.35. The second-order valence-corrected chi connectivity index (χ2v) is 7.86. The first-order valence-electron chi connectivity index (χ1n) is 9.77. The van der Waals surface area contributed by atoms with Gasteiger partial charge in [0.2, 0.25) is 0 Å². The summed E-state index contributed by atoms with van der Waals surface area (Å²) in [6.45, 7) is 0. The molecule has 10 nitrogen and oxygen atoms in total. The van der Waals surface area contributed by atoms with Gasteiger partial charge in [0.1, 0.15) is 11.6 Å². The van der Waals surface area contributed by atoms with Crippen molar-refractivity contribution in [1.82, 2.24) is 18.3 Å². The third-order valence-electron chi connectivity index (χ3n) is 5.65. The maximum Gasteiger partial charge on any atom is 0.332 e. The minimum Gasteiger partial charge on any atom is -0.374 e. The summed E-state index contributed by atoms with van der Waals surface area (Å²) >= 11 is 6.08. The standard InChI is InChI=1S/C21H25ClN6O4/c1-23-16-14(18(29)27(5)20(31)25(16)3)13(11-7-9-12(22)10-8-11)15-17(24-2)26(4)21(32)28(6)19(15)30/h7-10,13,23-24H,1-6H3. The summed E-state index contributed by atoms with van der Waals surface area (Å²) in [4.78, 5) is 51.9. The predicted molar refractivity (Wildman–Crippen MR) is 125 cm³/mol. The Labute approximate surface area is 188 Å². The van der Waals surface area contributed by atoms with E-state index in [0.717, 1.165) is 9.13 Å². The lowest BCUT2D eigenvalue weighted by molar-refractivity contribution is 0.651. The number of hydrogen-bond acceptors (Lipinski definition) is 6. The van der Waals surface area contributed by atoms with Crippen LogP contribution < -0.4 is 33.1 Å². The number of hydrogen-bond donors (Lipinski definition) is 2. The maximum absolute atomic E-state index is 13.4. The summed E-state index contributed by atoms with van der Waals surface area (Å²) in [6.07, 6.45) is 0. The first-order valence-corrected chi connectivity index (χ1v) is 10.1. The number of nitrogens with zero attached hydrogens (tertiary/aromatic N) is 4. The van der Waals surface area contributed by atoms with Gasteiger partial charge in [0.05, 0.1) is 17.0 Å². The molecule has 0 atom stereocenters.